The van der Waals surface area contributed by atoms with Gasteiger partial charge in [-0.1, -0.05) is 26.0 Å². The van der Waals surface area contributed by atoms with Crippen LogP contribution < -0.4 is 5.32 Å². The van der Waals surface area contributed by atoms with E-state index in [9.17, 15) is 5.11 Å². The summed E-state index contributed by atoms with van der Waals surface area (Å²) in [6.45, 7) is 4.27. The van der Waals surface area contributed by atoms with Crippen LogP contribution in [0.1, 0.15) is 37.4 Å². The zero-order valence-electron chi connectivity index (χ0n) is 8.75. The minimum Gasteiger partial charge on any atom is -0.508 e. The number of aryl methyl sites for hydroxylation is 1. The first-order valence-electron chi connectivity index (χ1n) is 5.25. The Balaban J connectivity index is 2.29. The van der Waals surface area contributed by atoms with Crippen molar-refractivity contribution >= 4 is 0 Å². The highest BCUT2D eigenvalue weighted by Gasteiger charge is 2.25. The van der Waals surface area contributed by atoms with Crippen LogP contribution in [-0.4, -0.2) is 11.1 Å². The summed E-state index contributed by atoms with van der Waals surface area (Å²) >= 11 is 0. The molecule has 0 fully saturated rings. The largest absolute Gasteiger partial charge is 0.508 e. The lowest BCUT2D eigenvalue weighted by molar-refractivity contribution is 0.433. The maximum absolute atomic E-state index is 9.77. The number of rotatable bonds is 2. The van der Waals surface area contributed by atoms with Crippen LogP contribution in [0.5, 0.6) is 5.75 Å². The topological polar surface area (TPSA) is 32.3 Å². The van der Waals surface area contributed by atoms with Gasteiger partial charge in [-0.3, -0.25) is 0 Å². The van der Waals surface area contributed by atoms with E-state index in [2.05, 4.69) is 25.2 Å². The Kier molecular flexibility index (Phi) is 2.46. The molecule has 2 nitrogen and oxygen atoms in total. The van der Waals surface area contributed by atoms with Crippen LogP contribution in [0.25, 0.3) is 0 Å². The van der Waals surface area contributed by atoms with Crippen molar-refractivity contribution in [2.24, 2.45) is 0 Å². The predicted molar refractivity (Wildman–Crippen MR) is 57.4 cm³/mol. The molecule has 0 saturated heterocycles. The van der Waals surface area contributed by atoms with Crippen LogP contribution in [0.15, 0.2) is 18.2 Å². The molecule has 0 heterocycles. The van der Waals surface area contributed by atoms with Gasteiger partial charge in [-0.05, 0) is 24.5 Å². The van der Waals surface area contributed by atoms with E-state index in [1.165, 1.54) is 5.56 Å². The molecule has 1 aromatic rings. The van der Waals surface area contributed by atoms with Gasteiger partial charge >= 0.3 is 0 Å². The molecule has 1 unspecified atom stereocenters. The molecule has 2 N–H and O–H groups in total. The average molecular weight is 191 g/mol. The number of phenolic OH excluding ortho intramolecular Hbond substituents is 1. The van der Waals surface area contributed by atoms with Crippen LogP contribution in [0.3, 0.4) is 0 Å². The number of fused-ring (bicyclic) bond motifs is 1. The lowest BCUT2D eigenvalue weighted by Gasteiger charge is -2.17. The minimum absolute atomic E-state index is 0.339. The highest BCUT2D eigenvalue weighted by Crippen LogP contribution is 2.37. The van der Waals surface area contributed by atoms with E-state index in [1.807, 2.05) is 6.07 Å². The van der Waals surface area contributed by atoms with Crippen LogP contribution in [0.2, 0.25) is 0 Å². The van der Waals surface area contributed by atoms with E-state index < -0.39 is 0 Å². The Bertz CT molecular complexity index is 333. The lowest BCUT2D eigenvalue weighted by atomic mass is 10.1. The third-order valence-electron chi connectivity index (χ3n) is 2.76. The molecule has 2 rings (SSSR count). The second kappa shape index (κ2) is 3.62. The average Bonchev–Trinajstić information content (AvgIpc) is 2.49. The summed E-state index contributed by atoms with van der Waals surface area (Å²) in [5, 5.41) is 13.3. The number of hydrogen-bond donors (Lipinski definition) is 2. The number of phenols is 1. The first kappa shape index (κ1) is 9.53. The predicted octanol–water partition coefficient (Wildman–Crippen LogP) is 2.38. The quantitative estimate of drug-likeness (QED) is 0.752. The first-order chi connectivity index (χ1) is 6.68. The van der Waals surface area contributed by atoms with Crippen molar-refractivity contribution in [3.8, 4) is 5.75 Å². The fourth-order valence-electron chi connectivity index (χ4n) is 2.23. The van der Waals surface area contributed by atoms with Crippen molar-refractivity contribution in [3.05, 3.63) is 29.3 Å². The van der Waals surface area contributed by atoms with Gasteiger partial charge in [0.1, 0.15) is 5.75 Å². The van der Waals surface area contributed by atoms with Crippen LogP contribution in [0, 0.1) is 0 Å². The fraction of sp³-hybridized carbons (Fsp3) is 0.500. The number of hydrogen-bond acceptors (Lipinski definition) is 2. The molecule has 1 aromatic carbocycles. The van der Waals surface area contributed by atoms with E-state index in [1.54, 1.807) is 6.07 Å². The summed E-state index contributed by atoms with van der Waals surface area (Å²) < 4.78 is 0. The van der Waals surface area contributed by atoms with Crippen molar-refractivity contribution < 1.29 is 5.11 Å². The molecule has 76 valence electrons. The van der Waals surface area contributed by atoms with Crippen molar-refractivity contribution in [3.63, 3.8) is 0 Å². The third kappa shape index (κ3) is 1.62. The lowest BCUT2D eigenvalue weighted by Crippen LogP contribution is -2.26. The van der Waals surface area contributed by atoms with E-state index >= 15 is 0 Å². The van der Waals surface area contributed by atoms with Gasteiger partial charge in [-0.2, -0.15) is 0 Å². The Morgan fingerprint density at radius 3 is 2.93 bits per heavy atom. The van der Waals surface area contributed by atoms with Gasteiger partial charge in [0.05, 0.1) is 0 Å². The molecule has 0 aliphatic heterocycles. The normalized spacial score (nSPS) is 20.1. The molecule has 1 aliphatic rings. The van der Waals surface area contributed by atoms with Gasteiger partial charge < -0.3 is 10.4 Å². The van der Waals surface area contributed by atoms with Gasteiger partial charge in [0, 0.05) is 17.6 Å². The monoisotopic (exact) mass is 191 g/mol. The number of benzene rings is 1. The molecular weight excluding hydrogens is 174 g/mol. The number of aromatic hydroxyl groups is 1. The summed E-state index contributed by atoms with van der Waals surface area (Å²) in [5.41, 5.74) is 2.41. The van der Waals surface area contributed by atoms with Crippen molar-refractivity contribution in [2.45, 2.75) is 38.8 Å². The SMILES string of the molecule is CC(C)NC1CCc2cccc(O)c21. The highest BCUT2D eigenvalue weighted by molar-refractivity contribution is 5.44. The molecule has 0 bridgehead atoms. The molecule has 1 atom stereocenters. The zero-order valence-corrected chi connectivity index (χ0v) is 8.75. The molecule has 1 aliphatic carbocycles. The molecule has 0 spiro atoms. The molecule has 0 radical (unpaired) electrons. The Morgan fingerprint density at radius 2 is 2.21 bits per heavy atom. The molecule has 2 heteroatoms. The van der Waals surface area contributed by atoms with Crippen molar-refractivity contribution in [1.29, 1.82) is 0 Å². The number of nitrogens with one attached hydrogen (secondary N) is 1. The van der Waals surface area contributed by atoms with Gasteiger partial charge in [-0.15, -0.1) is 0 Å². The standard InChI is InChI=1S/C12H17NO/c1-8(2)13-10-7-6-9-4-3-5-11(14)12(9)10/h3-5,8,10,13-14H,6-7H2,1-2H3. The third-order valence-corrected chi connectivity index (χ3v) is 2.76. The maximum atomic E-state index is 9.77. The fourth-order valence-corrected chi connectivity index (χ4v) is 2.23. The Morgan fingerprint density at radius 1 is 1.43 bits per heavy atom. The van der Waals surface area contributed by atoms with Crippen LogP contribution >= 0.6 is 0 Å². The Labute approximate surface area is 85.0 Å². The Hall–Kier alpha value is -1.02. The van der Waals surface area contributed by atoms with Gasteiger partial charge in [0.15, 0.2) is 0 Å². The van der Waals surface area contributed by atoms with Crippen molar-refractivity contribution in [2.75, 3.05) is 0 Å². The van der Waals surface area contributed by atoms with E-state index in [-0.39, 0.29) is 0 Å². The first-order valence-corrected chi connectivity index (χ1v) is 5.25. The molecule has 0 saturated carbocycles. The van der Waals surface area contributed by atoms with Gasteiger partial charge in [0.25, 0.3) is 0 Å². The van der Waals surface area contributed by atoms with Gasteiger partial charge in [0.2, 0.25) is 0 Å². The minimum atomic E-state index is 0.339. The van der Waals surface area contributed by atoms with Gasteiger partial charge in [-0.25, -0.2) is 0 Å². The van der Waals surface area contributed by atoms with E-state index in [4.69, 9.17) is 0 Å². The van der Waals surface area contributed by atoms with E-state index in [0.29, 0.717) is 17.8 Å². The summed E-state index contributed by atoms with van der Waals surface area (Å²) in [5.74, 6) is 0.443. The van der Waals surface area contributed by atoms with Crippen molar-refractivity contribution in [1.82, 2.24) is 5.32 Å². The highest BCUT2D eigenvalue weighted by atomic mass is 16.3. The molecule has 14 heavy (non-hydrogen) atoms. The maximum Gasteiger partial charge on any atom is 0.120 e. The summed E-state index contributed by atoms with van der Waals surface area (Å²) in [4.78, 5) is 0. The van der Waals surface area contributed by atoms with Crippen LogP contribution in [0.4, 0.5) is 0 Å². The molecular formula is C12H17NO. The second-order valence-electron chi connectivity index (χ2n) is 4.26. The molecule has 0 aromatic heterocycles. The van der Waals surface area contributed by atoms with Crippen LogP contribution in [-0.2, 0) is 6.42 Å². The smallest absolute Gasteiger partial charge is 0.120 e. The zero-order chi connectivity index (χ0) is 10.1. The van der Waals surface area contributed by atoms with E-state index in [0.717, 1.165) is 18.4 Å². The summed E-state index contributed by atoms with van der Waals surface area (Å²) in [6.07, 6.45) is 2.18. The second-order valence-corrected chi connectivity index (χ2v) is 4.26. The summed E-state index contributed by atoms with van der Waals surface area (Å²) in [7, 11) is 0. The molecule has 0 amide bonds. The summed E-state index contributed by atoms with van der Waals surface area (Å²) in [6, 6.07) is 6.61.